The molecule has 0 spiro atoms. The lowest BCUT2D eigenvalue weighted by Crippen LogP contribution is -2.56. The minimum Gasteiger partial charge on any atom is -0.497 e. The van der Waals surface area contributed by atoms with E-state index in [1.807, 2.05) is 0 Å². The highest BCUT2D eigenvalue weighted by atomic mass is 32.2. The summed E-state index contributed by atoms with van der Waals surface area (Å²) in [5, 5.41) is 2.58. The zero-order chi connectivity index (χ0) is 24.2. The maximum atomic E-state index is 13.1. The predicted octanol–water partition coefficient (Wildman–Crippen LogP) is 0.291. The van der Waals surface area contributed by atoms with Crippen LogP contribution >= 0.6 is 0 Å². The van der Waals surface area contributed by atoms with Gasteiger partial charge in [0.15, 0.2) is 0 Å². The molecule has 1 atom stereocenters. The summed E-state index contributed by atoms with van der Waals surface area (Å²) in [6.07, 6.45) is 1.21. The summed E-state index contributed by atoms with van der Waals surface area (Å²) in [4.78, 5) is 40.6. The number of piperidine rings is 1. The lowest BCUT2D eigenvalue weighted by Gasteiger charge is -2.38. The van der Waals surface area contributed by atoms with Gasteiger partial charge in [0, 0.05) is 45.3 Å². The molecule has 33 heavy (non-hydrogen) atoms. The van der Waals surface area contributed by atoms with Crippen molar-refractivity contribution in [2.75, 3.05) is 46.4 Å². The number of carbonyl (C=O) groups excluding carboxylic acids is 3. The van der Waals surface area contributed by atoms with Gasteiger partial charge in [0.25, 0.3) is 0 Å². The largest absolute Gasteiger partial charge is 0.497 e. The molecule has 2 saturated heterocycles. The number of hydrogen-bond acceptors (Lipinski definition) is 6. The van der Waals surface area contributed by atoms with Gasteiger partial charge < -0.3 is 19.9 Å². The molecule has 0 aliphatic carbocycles. The summed E-state index contributed by atoms with van der Waals surface area (Å²) in [7, 11) is -2.20. The number of methoxy groups -OCH3 is 1. The molecule has 0 aromatic heterocycles. The molecule has 3 rings (SSSR count). The number of carbonyl (C=O) groups is 3. The molecular weight excluding hydrogens is 448 g/mol. The number of amides is 3. The SMILES string of the molecule is COc1ccc(S(=O)(=O)N2CCCC(C(=O)N3CCN(C(=O)C(=O)NC(C)C)CC3)C2)cc1. The molecule has 0 saturated carbocycles. The molecule has 1 aromatic carbocycles. The third-order valence-electron chi connectivity index (χ3n) is 5.92. The van der Waals surface area contributed by atoms with Crippen LogP contribution in [-0.2, 0) is 24.4 Å². The van der Waals surface area contributed by atoms with E-state index < -0.39 is 27.8 Å². The first-order chi connectivity index (χ1) is 15.6. The normalized spacial score (nSPS) is 19.9. The Morgan fingerprint density at radius 2 is 1.61 bits per heavy atom. The van der Waals surface area contributed by atoms with Crippen LogP contribution in [0.3, 0.4) is 0 Å². The molecule has 11 heteroatoms. The van der Waals surface area contributed by atoms with Gasteiger partial charge in [-0.15, -0.1) is 0 Å². The fourth-order valence-corrected chi connectivity index (χ4v) is 5.64. The Labute approximate surface area is 194 Å². The number of rotatable bonds is 5. The Morgan fingerprint density at radius 1 is 1.00 bits per heavy atom. The quantitative estimate of drug-likeness (QED) is 0.606. The molecule has 0 bridgehead atoms. The van der Waals surface area contributed by atoms with E-state index in [9.17, 15) is 22.8 Å². The molecule has 2 aliphatic rings. The van der Waals surface area contributed by atoms with E-state index in [1.165, 1.54) is 28.4 Å². The zero-order valence-corrected chi connectivity index (χ0v) is 20.1. The Morgan fingerprint density at radius 3 is 2.18 bits per heavy atom. The zero-order valence-electron chi connectivity index (χ0n) is 19.3. The van der Waals surface area contributed by atoms with Crippen LogP contribution < -0.4 is 10.1 Å². The molecule has 2 fully saturated rings. The average molecular weight is 481 g/mol. The molecule has 1 unspecified atom stereocenters. The molecule has 1 N–H and O–H groups in total. The number of piperazine rings is 1. The first-order valence-electron chi connectivity index (χ1n) is 11.2. The van der Waals surface area contributed by atoms with Gasteiger partial charge in [-0.1, -0.05) is 0 Å². The molecule has 1 aromatic rings. The number of ether oxygens (including phenoxy) is 1. The number of nitrogens with zero attached hydrogens (tertiary/aromatic N) is 3. The molecule has 10 nitrogen and oxygen atoms in total. The van der Waals surface area contributed by atoms with Gasteiger partial charge in [0.1, 0.15) is 5.75 Å². The smallest absolute Gasteiger partial charge is 0.312 e. The predicted molar refractivity (Wildman–Crippen MR) is 121 cm³/mol. The van der Waals surface area contributed by atoms with Gasteiger partial charge in [0.2, 0.25) is 15.9 Å². The Hall–Kier alpha value is -2.66. The van der Waals surface area contributed by atoms with Crippen molar-refractivity contribution < 1.29 is 27.5 Å². The molecule has 0 radical (unpaired) electrons. The molecule has 2 heterocycles. The molecule has 2 aliphatic heterocycles. The fraction of sp³-hybridized carbons (Fsp3) is 0.591. The fourth-order valence-electron chi connectivity index (χ4n) is 4.11. The third kappa shape index (κ3) is 5.83. The summed E-state index contributed by atoms with van der Waals surface area (Å²) in [6.45, 7) is 5.25. The molecular formula is C22H32N4O6S. The van der Waals surface area contributed by atoms with Crippen LogP contribution in [0.4, 0.5) is 0 Å². The summed E-state index contributed by atoms with van der Waals surface area (Å²) < 4.78 is 32.6. The van der Waals surface area contributed by atoms with E-state index in [2.05, 4.69) is 5.32 Å². The van der Waals surface area contributed by atoms with E-state index in [0.717, 1.165) is 0 Å². The Balaban J connectivity index is 1.58. The lowest BCUT2D eigenvalue weighted by atomic mass is 9.97. The van der Waals surface area contributed by atoms with Crippen LogP contribution in [0.2, 0.25) is 0 Å². The van der Waals surface area contributed by atoms with Crippen LogP contribution in [0.15, 0.2) is 29.2 Å². The Kier molecular flexibility index (Phi) is 7.96. The highest BCUT2D eigenvalue weighted by molar-refractivity contribution is 7.89. The van der Waals surface area contributed by atoms with Gasteiger partial charge in [-0.05, 0) is 51.0 Å². The number of benzene rings is 1. The monoisotopic (exact) mass is 480 g/mol. The summed E-state index contributed by atoms with van der Waals surface area (Å²) in [6, 6.07) is 6.08. The van der Waals surface area contributed by atoms with E-state index in [0.29, 0.717) is 38.2 Å². The van der Waals surface area contributed by atoms with E-state index in [-0.39, 0.29) is 36.5 Å². The van der Waals surface area contributed by atoms with Gasteiger partial charge in [-0.25, -0.2) is 8.42 Å². The highest BCUT2D eigenvalue weighted by Gasteiger charge is 2.36. The number of hydrogen-bond donors (Lipinski definition) is 1. The van der Waals surface area contributed by atoms with Gasteiger partial charge in [-0.2, -0.15) is 4.31 Å². The van der Waals surface area contributed by atoms with Crippen LogP contribution in [0, 0.1) is 5.92 Å². The van der Waals surface area contributed by atoms with Crippen molar-refractivity contribution in [2.45, 2.75) is 37.6 Å². The van der Waals surface area contributed by atoms with Gasteiger partial charge >= 0.3 is 11.8 Å². The van der Waals surface area contributed by atoms with Crippen molar-refractivity contribution in [3.05, 3.63) is 24.3 Å². The van der Waals surface area contributed by atoms with Crippen molar-refractivity contribution in [1.82, 2.24) is 19.4 Å². The van der Waals surface area contributed by atoms with Crippen molar-refractivity contribution in [1.29, 1.82) is 0 Å². The maximum Gasteiger partial charge on any atom is 0.312 e. The Bertz CT molecular complexity index is 971. The van der Waals surface area contributed by atoms with Gasteiger partial charge in [-0.3, -0.25) is 14.4 Å². The average Bonchev–Trinajstić information content (AvgIpc) is 2.83. The highest BCUT2D eigenvalue weighted by Crippen LogP contribution is 2.26. The number of nitrogens with one attached hydrogen (secondary N) is 1. The molecule has 3 amide bonds. The summed E-state index contributed by atoms with van der Waals surface area (Å²) in [5.74, 6) is -1.21. The standard InChI is InChI=1S/C22H32N4O6S/c1-16(2)23-20(27)22(29)25-13-11-24(12-14-25)21(28)17-5-4-10-26(15-17)33(30,31)19-8-6-18(32-3)7-9-19/h6-9,16-17H,4-5,10-15H2,1-3H3,(H,23,27). The van der Waals surface area contributed by atoms with E-state index >= 15 is 0 Å². The van der Waals surface area contributed by atoms with E-state index in [1.54, 1.807) is 30.9 Å². The first-order valence-corrected chi connectivity index (χ1v) is 12.6. The molecule has 182 valence electrons. The van der Waals surface area contributed by atoms with Crippen LogP contribution in [0.1, 0.15) is 26.7 Å². The minimum atomic E-state index is -3.71. The van der Waals surface area contributed by atoms with Crippen molar-refractivity contribution in [2.24, 2.45) is 5.92 Å². The second-order valence-corrected chi connectivity index (χ2v) is 10.6. The van der Waals surface area contributed by atoms with Crippen LogP contribution in [0.5, 0.6) is 5.75 Å². The topological polar surface area (TPSA) is 116 Å². The minimum absolute atomic E-state index is 0.108. The second kappa shape index (κ2) is 10.5. The third-order valence-corrected chi connectivity index (χ3v) is 7.80. The van der Waals surface area contributed by atoms with E-state index in [4.69, 9.17) is 4.74 Å². The van der Waals surface area contributed by atoms with Crippen LogP contribution in [-0.4, -0.2) is 92.7 Å². The second-order valence-electron chi connectivity index (χ2n) is 8.62. The lowest BCUT2D eigenvalue weighted by molar-refractivity contribution is -0.149. The van der Waals surface area contributed by atoms with Crippen molar-refractivity contribution in [3.63, 3.8) is 0 Å². The maximum absolute atomic E-state index is 13.1. The first kappa shape index (κ1) is 25.0. The summed E-state index contributed by atoms with van der Waals surface area (Å²) >= 11 is 0. The number of sulfonamides is 1. The summed E-state index contributed by atoms with van der Waals surface area (Å²) in [5.41, 5.74) is 0. The van der Waals surface area contributed by atoms with Crippen molar-refractivity contribution >= 4 is 27.7 Å². The van der Waals surface area contributed by atoms with Crippen LogP contribution in [0.25, 0.3) is 0 Å². The van der Waals surface area contributed by atoms with Crippen molar-refractivity contribution in [3.8, 4) is 5.75 Å². The van der Waals surface area contributed by atoms with Gasteiger partial charge in [0.05, 0.1) is 17.9 Å².